The second-order valence-corrected chi connectivity index (χ2v) is 5.70. The van der Waals surface area contributed by atoms with Crippen molar-refractivity contribution < 1.29 is 39.6 Å². The van der Waals surface area contributed by atoms with E-state index in [0.29, 0.717) is 0 Å². The molecule has 12 heteroatoms. The van der Waals surface area contributed by atoms with Crippen molar-refractivity contribution in [1.29, 1.82) is 0 Å². The lowest BCUT2D eigenvalue weighted by Gasteiger charge is -1.99. The molecule has 2 fully saturated rings. The van der Waals surface area contributed by atoms with Crippen molar-refractivity contribution in [2.75, 3.05) is 19.6 Å². The van der Waals surface area contributed by atoms with E-state index in [-0.39, 0.29) is 18.6 Å². The van der Waals surface area contributed by atoms with Crippen LogP contribution in [-0.4, -0.2) is 82.1 Å². The molecule has 3 atom stereocenters. The zero-order valence-corrected chi connectivity index (χ0v) is 15.3. The predicted octanol–water partition coefficient (Wildman–Crippen LogP) is -1.91. The molecule has 2 rings (SSSR count). The van der Waals surface area contributed by atoms with Crippen molar-refractivity contribution in [2.45, 2.75) is 50.7 Å². The molecule has 12 nitrogen and oxygen atoms in total. The molecular weight excluding hydrogens is 364 g/mol. The lowest BCUT2D eigenvalue weighted by atomic mass is 10.2. The Hall–Kier alpha value is -2.28. The molecule has 0 bridgehead atoms. The van der Waals surface area contributed by atoms with Crippen molar-refractivity contribution >= 4 is 23.9 Å². The monoisotopic (exact) mass is 394 g/mol. The lowest BCUT2D eigenvalue weighted by molar-refractivity contribution is -0.140. The molecule has 158 valence electrons. The maximum absolute atomic E-state index is 10.1. The van der Waals surface area contributed by atoms with Gasteiger partial charge in [0.15, 0.2) is 0 Å². The van der Waals surface area contributed by atoms with Crippen LogP contribution in [0, 0.1) is 0 Å². The third kappa shape index (κ3) is 16.9. The number of aliphatic carboxylic acids is 4. The highest BCUT2D eigenvalue weighted by Crippen LogP contribution is 2.04. The zero-order chi connectivity index (χ0) is 21.4. The van der Waals surface area contributed by atoms with Gasteiger partial charge >= 0.3 is 23.9 Å². The largest absolute Gasteiger partial charge is 0.480 e. The van der Waals surface area contributed by atoms with Gasteiger partial charge in [-0.3, -0.25) is 19.2 Å². The minimum atomic E-state index is -0.968. The molecule has 2 aliphatic rings. The summed E-state index contributed by atoms with van der Waals surface area (Å²) in [4.78, 5) is 39.1. The number of hydrogen-bond acceptors (Lipinski definition) is 8. The highest BCUT2D eigenvalue weighted by Gasteiger charge is 2.20. The summed E-state index contributed by atoms with van der Waals surface area (Å²) in [6.07, 6.45) is 3.57. The average Bonchev–Trinajstić information content (AvgIpc) is 3.30. The Kier molecular flexibility index (Phi) is 15.9. The van der Waals surface area contributed by atoms with E-state index in [0.717, 1.165) is 38.8 Å². The number of hydrogen-bond donors (Lipinski definition) is 8. The third-order valence-corrected chi connectivity index (χ3v) is 3.28. The maximum atomic E-state index is 10.1. The van der Waals surface area contributed by atoms with Gasteiger partial charge in [0, 0.05) is 0 Å². The SMILES string of the molecule is C[C@H](N)C(=O)O.NCC(=O)O.O=C(O)[C@@H]1CCCN1.O=C(O)[C@@H]1CCCN1. The summed E-state index contributed by atoms with van der Waals surface area (Å²) >= 11 is 0. The molecule has 10 N–H and O–H groups in total. The lowest BCUT2D eigenvalue weighted by Crippen LogP contribution is -2.29. The van der Waals surface area contributed by atoms with Gasteiger partial charge in [0.1, 0.15) is 18.1 Å². The Morgan fingerprint density at radius 3 is 1.30 bits per heavy atom. The first kappa shape index (κ1) is 26.9. The van der Waals surface area contributed by atoms with Crippen LogP contribution in [0.25, 0.3) is 0 Å². The normalized spacial score (nSPS) is 21.1. The summed E-state index contributed by atoms with van der Waals surface area (Å²) in [6, 6.07) is -1.27. The Morgan fingerprint density at radius 2 is 1.22 bits per heavy atom. The summed E-state index contributed by atoms with van der Waals surface area (Å²) in [7, 11) is 0. The van der Waals surface area contributed by atoms with Gasteiger partial charge in [0.05, 0.1) is 6.54 Å². The molecule has 0 aromatic carbocycles. The zero-order valence-electron chi connectivity index (χ0n) is 15.3. The molecule has 0 aromatic rings. The van der Waals surface area contributed by atoms with E-state index in [1.165, 1.54) is 6.92 Å². The molecule has 0 radical (unpaired) electrons. The van der Waals surface area contributed by atoms with Crippen LogP contribution < -0.4 is 22.1 Å². The highest BCUT2D eigenvalue weighted by atomic mass is 16.4. The van der Waals surface area contributed by atoms with Crippen LogP contribution in [0.1, 0.15) is 32.6 Å². The standard InChI is InChI=1S/2C5H9NO2.C3H7NO2.C2H5NO2/c2*7-5(8)4-2-1-3-6-4;1-2(4)3(5)6;3-1-2(4)5/h2*4,6H,1-3H2,(H,7,8);2H,4H2,1H3,(H,5,6);1,3H2,(H,4,5)/t2*4-;2-;/m000./s1. The van der Waals surface area contributed by atoms with E-state index in [1.54, 1.807) is 0 Å². The molecule has 0 unspecified atom stereocenters. The van der Waals surface area contributed by atoms with Gasteiger partial charge in [0.2, 0.25) is 0 Å². The van der Waals surface area contributed by atoms with E-state index in [4.69, 9.17) is 26.2 Å². The number of carboxylic acid groups (broad SMARTS) is 4. The quantitative estimate of drug-likeness (QED) is 0.261. The Balaban J connectivity index is 0. The fourth-order valence-corrected chi connectivity index (χ4v) is 1.79. The summed E-state index contributed by atoms with van der Waals surface area (Å²) in [5, 5.41) is 37.9. The van der Waals surface area contributed by atoms with Crippen LogP contribution in [0.5, 0.6) is 0 Å². The molecule has 0 aromatic heterocycles. The molecule has 2 aliphatic heterocycles. The molecule has 0 amide bonds. The Labute approximate surface area is 156 Å². The Morgan fingerprint density at radius 1 is 0.926 bits per heavy atom. The van der Waals surface area contributed by atoms with Gasteiger partial charge in [-0.2, -0.15) is 0 Å². The van der Waals surface area contributed by atoms with E-state index in [1.807, 2.05) is 0 Å². The van der Waals surface area contributed by atoms with E-state index in [9.17, 15) is 19.2 Å². The molecule has 0 spiro atoms. The molecule has 0 aliphatic carbocycles. The molecular formula is C15H30N4O8. The van der Waals surface area contributed by atoms with E-state index >= 15 is 0 Å². The first-order valence-electron chi connectivity index (χ1n) is 8.35. The minimum absolute atomic E-state index is 0.269. The minimum Gasteiger partial charge on any atom is -0.480 e. The van der Waals surface area contributed by atoms with E-state index in [2.05, 4.69) is 16.4 Å². The number of nitrogens with two attached hydrogens (primary N) is 2. The smallest absolute Gasteiger partial charge is 0.320 e. The van der Waals surface area contributed by atoms with Crippen molar-refractivity contribution in [3.63, 3.8) is 0 Å². The fraction of sp³-hybridized carbons (Fsp3) is 0.733. The molecule has 27 heavy (non-hydrogen) atoms. The second-order valence-electron chi connectivity index (χ2n) is 5.70. The van der Waals surface area contributed by atoms with Crippen LogP contribution in [0.15, 0.2) is 0 Å². The molecule has 0 saturated carbocycles. The first-order chi connectivity index (χ1) is 12.5. The number of rotatable bonds is 4. The summed E-state index contributed by atoms with van der Waals surface area (Å²) in [6.45, 7) is 2.86. The van der Waals surface area contributed by atoms with Gasteiger partial charge in [-0.05, 0) is 45.7 Å². The van der Waals surface area contributed by atoms with Crippen molar-refractivity contribution in [1.82, 2.24) is 10.6 Å². The topological polar surface area (TPSA) is 225 Å². The third-order valence-electron chi connectivity index (χ3n) is 3.28. The summed E-state index contributed by atoms with van der Waals surface area (Å²) in [5.41, 5.74) is 9.41. The van der Waals surface area contributed by atoms with Gasteiger partial charge in [-0.15, -0.1) is 0 Å². The van der Waals surface area contributed by atoms with E-state index < -0.39 is 29.9 Å². The van der Waals surface area contributed by atoms with Crippen LogP contribution in [-0.2, 0) is 19.2 Å². The average molecular weight is 394 g/mol. The van der Waals surface area contributed by atoms with Crippen LogP contribution >= 0.6 is 0 Å². The fourth-order valence-electron chi connectivity index (χ4n) is 1.79. The number of carbonyl (C=O) groups is 4. The number of nitrogens with one attached hydrogen (secondary N) is 2. The highest BCUT2D eigenvalue weighted by molar-refractivity contribution is 5.74. The second kappa shape index (κ2) is 15.9. The van der Waals surface area contributed by atoms with Crippen molar-refractivity contribution in [2.24, 2.45) is 11.5 Å². The molecule has 2 heterocycles. The maximum Gasteiger partial charge on any atom is 0.320 e. The van der Waals surface area contributed by atoms with Crippen molar-refractivity contribution in [3.8, 4) is 0 Å². The van der Waals surface area contributed by atoms with Crippen molar-refractivity contribution in [3.05, 3.63) is 0 Å². The number of carboxylic acids is 4. The van der Waals surface area contributed by atoms with Gasteiger partial charge < -0.3 is 42.5 Å². The van der Waals surface area contributed by atoms with Gasteiger partial charge in [-0.1, -0.05) is 0 Å². The predicted molar refractivity (Wildman–Crippen MR) is 95.3 cm³/mol. The summed E-state index contributed by atoms with van der Waals surface area (Å²) in [5.74, 6) is -3.37. The molecule has 2 saturated heterocycles. The van der Waals surface area contributed by atoms with Crippen LogP contribution in [0.3, 0.4) is 0 Å². The summed E-state index contributed by atoms with van der Waals surface area (Å²) < 4.78 is 0. The first-order valence-corrected chi connectivity index (χ1v) is 8.35. The van der Waals surface area contributed by atoms with Crippen LogP contribution in [0.4, 0.5) is 0 Å². The van der Waals surface area contributed by atoms with Gasteiger partial charge in [-0.25, -0.2) is 0 Å². The Bertz CT molecular complexity index is 435. The van der Waals surface area contributed by atoms with Crippen LogP contribution in [0.2, 0.25) is 0 Å². The van der Waals surface area contributed by atoms with Gasteiger partial charge in [0.25, 0.3) is 0 Å².